The third-order valence-corrected chi connectivity index (χ3v) is 3.17. The van der Waals surface area contributed by atoms with Crippen LogP contribution in [0.4, 0.5) is 5.69 Å². The van der Waals surface area contributed by atoms with Gasteiger partial charge in [0.2, 0.25) is 5.91 Å². The van der Waals surface area contributed by atoms with E-state index in [1.54, 1.807) is 4.68 Å². The Morgan fingerprint density at radius 3 is 3.18 bits per heavy atom. The van der Waals surface area contributed by atoms with Gasteiger partial charge < -0.3 is 10.6 Å². The van der Waals surface area contributed by atoms with Gasteiger partial charge in [-0.05, 0) is 25.8 Å². The topological polar surface area (TPSA) is 59.0 Å². The van der Waals surface area contributed by atoms with E-state index in [-0.39, 0.29) is 11.8 Å². The van der Waals surface area contributed by atoms with Crippen molar-refractivity contribution in [1.82, 2.24) is 15.1 Å². The Hall–Kier alpha value is -1.36. The van der Waals surface area contributed by atoms with Gasteiger partial charge in [0.05, 0.1) is 17.3 Å². The molecule has 1 aromatic rings. The molecule has 0 saturated carbocycles. The zero-order chi connectivity index (χ0) is 12.3. The number of anilines is 1. The fourth-order valence-corrected chi connectivity index (χ4v) is 2.21. The van der Waals surface area contributed by atoms with Crippen molar-refractivity contribution >= 4 is 11.6 Å². The van der Waals surface area contributed by atoms with E-state index in [1.807, 2.05) is 20.2 Å². The summed E-state index contributed by atoms with van der Waals surface area (Å²) in [6.07, 6.45) is 4.75. The lowest BCUT2D eigenvalue weighted by Crippen LogP contribution is -2.37. The first kappa shape index (κ1) is 12.1. The first-order valence-corrected chi connectivity index (χ1v) is 6.24. The van der Waals surface area contributed by atoms with Gasteiger partial charge in [0, 0.05) is 19.8 Å². The summed E-state index contributed by atoms with van der Waals surface area (Å²) in [4.78, 5) is 12.1. The molecular weight excluding hydrogens is 216 g/mol. The lowest BCUT2D eigenvalue weighted by Gasteiger charge is -2.21. The second kappa shape index (κ2) is 5.31. The molecule has 0 bridgehead atoms. The molecule has 1 fully saturated rings. The molecule has 0 spiro atoms. The van der Waals surface area contributed by atoms with Crippen molar-refractivity contribution in [3.8, 4) is 0 Å². The largest absolute Gasteiger partial charge is 0.323 e. The van der Waals surface area contributed by atoms with Gasteiger partial charge >= 0.3 is 0 Å². The number of hydrogen-bond donors (Lipinski definition) is 2. The summed E-state index contributed by atoms with van der Waals surface area (Å²) in [7, 11) is 1.87. The van der Waals surface area contributed by atoms with Crippen LogP contribution in [0.2, 0.25) is 0 Å². The lowest BCUT2D eigenvalue weighted by molar-refractivity contribution is -0.120. The molecule has 2 heterocycles. The minimum atomic E-state index is 0.0914. The maximum absolute atomic E-state index is 12.1. The Morgan fingerprint density at radius 1 is 1.71 bits per heavy atom. The molecule has 17 heavy (non-hydrogen) atoms. The molecule has 0 unspecified atom stereocenters. The molecule has 1 amide bonds. The maximum Gasteiger partial charge on any atom is 0.228 e. The summed E-state index contributed by atoms with van der Waals surface area (Å²) >= 11 is 0. The standard InChI is InChI=1S/C12H20N4O/c1-3-10-11(8-16(2)15-10)14-12(17)9-5-4-6-13-7-9/h8-9,13H,3-7H2,1-2H3,(H,14,17)/t9-/m0/s1. The van der Waals surface area contributed by atoms with Crippen LogP contribution in [0.15, 0.2) is 6.20 Å². The van der Waals surface area contributed by atoms with Crippen molar-refractivity contribution < 1.29 is 4.79 Å². The van der Waals surface area contributed by atoms with Gasteiger partial charge in [-0.15, -0.1) is 0 Å². The van der Waals surface area contributed by atoms with E-state index >= 15 is 0 Å². The first-order valence-electron chi connectivity index (χ1n) is 6.24. The summed E-state index contributed by atoms with van der Waals surface area (Å²) in [6, 6.07) is 0. The van der Waals surface area contributed by atoms with Crippen LogP contribution >= 0.6 is 0 Å². The number of hydrogen-bond acceptors (Lipinski definition) is 3. The third kappa shape index (κ3) is 2.85. The highest BCUT2D eigenvalue weighted by atomic mass is 16.1. The summed E-state index contributed by atoms with van der Waals surface area (Å²) in [5.41, 5.74) is 1.80. The predicted molar refractivity (Wildman–Crippen MR) is 66.8 cm³/mol. The second-order valence-electron chi connectivity index (χ2n) is 4.55. The molecule has 1 saturated heterocycles. The van der Waals surface area contributed by atoms with Crippen LogP contribution in [-0.2, 0) is 18.3 Å². The van der Waals surface area contributed by atoms with E-state index in [0.29, 0.717) is 0 Å². The Labute approximate surface area is 102 Å². The van der Waals surface area contributed by atoms with E-state index in [9.17, 15) is 4.79 Å². The van der Waals surface area contributed by atoms with Crippen LogP contribution in [0.1, 0.15) is 25.5 Å². The number of aryl methyl sites for hydroxylation is 2. The van der Waals surface area contributed by atoms with Gasteiger partial charge in [-0.2, -0.15) is 5.10 Å². The van der Waals surface area contributed by atoms with E-state index in [1.165, 1.54) is 0 Å². The number of nitrogens with zero attached hydrogens (tertiary/aromatic N) is 2. The van der Waals surface area contributed by atoms with Gasteiger partial charge in [-0.3, -0.25) is 9.48 Å². The number of rotatable bonds is 3. The Kier molecular flexibility index (Phi) is 3.78. The zero-order valence-corrected chi connectivity index (χ0v) is 10.5. The normalized spacial score (nSPS) is 20.2. The SMILES string of the molecule is CCc1nn(C)cc1NC(=O)[C@H]1CCCNC1. The van der Waals surface area contributed by atoms with Crippen LogP contribution in [0.3, 0.4) is 0 Å². The van der Waals surface area contributed by atoms with E-state index in [4.69, 9.17) is 0 Å². The summed E-state index contributed by atoms with van der Waals surface area (Å²) in [6.45, 7) is 3.85. The van der Waals surface area contributed by atoms with Gasteiger partial charge in [0.15, 0.2) is 0 Å². The molecule has 94 valence electrons. The van der Waals surface area contributed by atoms with Crippen molar-refractivity contribution in [1.29, 1.82) is 0 Å². The van der Waals surface area contributed by atoms with Crippen molar-refractivity contribution in [2.24, 2.45) is 13.0 Å². The van der Waals surface area contributed by atoms with Crippen LogP contribution in [-0.4, -0.2) is 28.8 Å². The second-order valence-corrected chi connectivity index (χ2v) is 4.55. The van der Waals surface area contributed by atoms with Gasteiger partial charge in [-0.1, -0.05) is 6.92 Å². The molecule has 0 aromatic carbocycles. The third-order valence-electron chi connectivity index (χ3n) is 3.17. The Balaban J connectivity index is 2.01. The van der Waals surface area contributed by atoms with Crippen LogP contribution in [0.5, 0.6) is 0 Å². The number of carbonyl (C=O) groups is 1. The summed E-state index contributed by atoms with van der Waals surface area (Å²) in [5.74, 6) is 0.202. The van der Waals surface area contributed by atoms with E-state index in [2.05, 4.69) is 15.7 Å². The van der Waals surface area contributed by atoms with Gasteiger partial charge in [0.1, 0.15) is 0 Å². The number of piperidine rings is 1. The van der Waals surface area contributed by atoms with Gasteiger partial charge in [0.25, 0.3) is 0 Å². The zero-order valence-electron chi connectivity index (χ0n) is 10.5. The van der Waals surface area contributed by atoms with E-state index in [0.717, 1.165) is 43.7 Å². The lowest BCUT2D eigenvalue weighted by atomic mass is 9.99. The van der Waals surface area contributed by atoms with Crippen LogP contribution < -0.4 is 10.6 Å². The smallest absolute Gasteiger partial charge is 0.228 e. The molecule has 5 heteroatoms. The highest BCUT2D eigenvalue weighted by molar-refractivity contribution is 5.93. The van der Waals surface area contributed by atoms with Crippen molar-refractivity contribution in [2.75, 3.05) is 18.4 Å². The number of aromatic nitrogens is 2. The highest BCUT2D eigenvalue weighted by Gasteiger charge is 2.22. The molecule has 1 aliphatic rings. The van der Waals surface area contributed by atoms with Gasteiger partial charge in [-0.25, -0.2) is 0 Å². The van der Waals surface area contributed by atoms with Crippen molar-refractivity contribution in [3.05, 3.63) is 11.9 Å². The monoisotopic (exact) mass is 236 g/mol. The fourth-order valence-electron chi connectivity index (χ4n) is 2.21. The molecule has 5 nitrogen and oxygen atoms in total. The summed E-state index contributed by atoms with van der Waals surface area (Å²) in [5, 5.41) is 10.6. The average Bonchev–Trinajstić information content (AvgIpc) is 2.70. The molecule has 1 aromatic heterocycles. The molecule has 1 aliphatic heterocycles. The highest BCUT2D eigenvalue weighted by Crippen LogP contribution is 2.17. The predicted octanol–water partition coefficient (Wildman–Crippen LogP) is 0.921. The first-order chi connectivity index (χ1) is 8.20. The maximum atomic E-state index is 12.1. The Morgan fingerprint density at radius 2 is 2.53 bits per heavy atom. The van der Waals surface area contributed by atoms with Crippen LogP contribution in [0.25, 0.3) is 0 Å². The van der Waals surface area contributed by atoms with Crippen molar-refractivity contribution in [3.63, 3.8) is 0 Å². The number of amides is 1. The molecule has 1 atom stereocenters. The molecule has 0 radical (unpaired) electrons. The van der Waals surface area contributed by atoms with Crippen molar-refractivity contribution in [2.45, 2.75) is 26.2 Å². The fraction of sp³-hybridized carbons (Fsp3) is 0.667. The van der Waals surface area contributed by atoms with Crippen LogP contribution in [0, 0.1) is 5.92 Å². The van der Waals surface area contributed by atoms with E-state index < -0.39 is 0 Å². The average molecular weight is 236 g/mol. The Bertz CT molecular complexity index is 393. The molecule has 0 aliphatic carbocycles. The quantitative estimate of drug-likeness (QED) is 0.820. The number of nitrogens with one attached hydrogen (secondary N) is 2. The summed E-state index contributed by atoms with van der Waals surface area (Å²) < 4.78 is 1.74. The molecule has 2 rings (SSSR count). The molecule has 2 N–H and O–H groups in total. The number of carbonyl (C=O) groups excluding carboxylic acids is 1. The molecular formula is C12H20N4O. The minimum Gasteiger partial charge on any atom is -0.323 e. The minimum absolute atomic E-state index is 0.0914.